The van der Waals surface area contributed by atoms with E-state index in [0.717, 1.165) is 5.16 Å². The number of nitrogens with two attached hydrogens (primary N) is 1. The summed E-state index contributed by atoms with van der Waals surface area (Å²) in [6.45, 7) is 1.85. The topological polar surface area (TPSA) is 83.0 Å². The second-order valence-corrected chi connectivity index (χ2v) is 4.44. The summed E-state index contributed by atoms with van der Waals surface area (Å²) in [5.41, 5.74) is 5.69. The first-order valence-electron chi connectivity index (χ1n) is 4.40. The van der Waals surface area contributed by atoms with Crippen LogP contribution in [0.4, 0.5) is 0 Å². The van der Waals surface area contributed by atoms with Crippen LogP contribution < -0.4 is 5.73 Å². The number of esters is 1. The highest BCUT2D eigenvalue weighted by atomic mass is 32.2. The Balaban J connectivity index is 2.59. The molecule has 0 fully saturated rings. The molecule has 15 heavy (non-hydrogen) atoms. The zero-order valence-corrected chi connectivity index (χ0v) is 9.69. The molecule has 0 amide bonds. The van der Waals surface area contributed by atoms with E-state index < -0.39 is 12.0 Å². The van der Waals surface area contributed by atoms with Gasteiger partial charge in [-0.1, -0.05) is 18.7 Å². The molecule has 2 N–H and O–H groups in total. The molecule has 0 spiro atoms. The first-order chi connectivity index (χ1) is 7.06. The Bertz CT molecular complexity index is 341. The van der Waals surface area contributed by atoms with E-state index in [1.807, 2.05) is 14.0 Å². The van der Waals surface area contributed by atoms with Crippen LogP contribution in [0.1, 0.15) is 6.92 Å². The summed E-state index contributed by atoms with van der Waals surface area (Å²) >= 11 is 1.39. The zero-order chi connectivity index (χ0) is 11.4. The van der Waals surface area contributed by atoms with Crippen molar-refractivity contribution in [3.63, 3.8) is 0 Å². The molecule has 1 heterocycles. The number of carbonyl (C=O) groups excluding carboxylic acids is 1. The van der Waals surface area contributed by atoms with Crippen LogP contribution in [-0.4, -0.2) is 39.1 Å². The SMILES string of the molecule is COC(=O)[C@H](N)[C@@H](C)Sc1nncn1C. The first kappa shape index (κ1) is 12.0. The molecule has 0 aliphatic rings. The molecule has 84 valence electrons. The molecular formula is C8H14N4O2S. The van der Waals surface area contributed by atoms with Gasteiger partial charge in [0, 0.05) is 12.3 Å². The number of nitrogens with zero attached hydrogens (tertiary/aromatic N) is 3. The van der Waals surface area contributed by atoms with Crippen LogP contribution in [0.2, 0.25) is 0 Å². The number of aromatic nitrogens is 3. The fourth-order valence-corrected chi connectivity index (χ4v) is 1.84. The summed E-state index contributed by atoms with van der Waals surface area (Å²) in [7, 11) is 3.15. The molecular weight excluding hydrogens is 216 g/mol. The minimum Gasteiger partial charge on any atom is -0.468 e. The van der Waals surface area contributed by atoms with Gasteiger partial charge in [0.05, 0.1) is 7.11 Å². The van der Waals surface area contributed by atoms with Crippen molar-refractivity contribution in [3.8, 4) is 0 Å². The third-order valence-corrected chi connectivity index (χ3v) is 3.19. The van der Waals surface area contributed by atoms with Gasteiger partial charge in [-0.05, 0) is 0 Å². The molecule has 0 aliphatic heterocycles. The number of hydrogen-bond donors (Lipinski definition) is 1. The Morgan fingerprint density at radius 2 is 2.40 bits per heavy atom. The molecule has 1 rings (SSSR count). The van der Waals surface area contributed by atoms with Crippen LogP contribution in [0.15, 0.2) is 11.5 Å². The monoisotopic (exact) mass is 230 g/mol. The van der Waals surface area contributed by atoms with E-state index in [4.69, 9.17) is 5.73 Å². The van der Waals surface area contributed by atoms with E-state index in [2.05, 4.69) is 14.9 Å². The number of hydrogen-bond acceptors (Lipinski definition) is 6. The maximum Gasteiger partial charge on any atom is 0.323 e. The van der Waals surface area contributed by atoms with Crippen LogP contribution >= 0.6 is 11.8 Å². The second-order valence-electron chi connectivity index (χ2n) is 3.10. The summed E-state index contributed by atoms with van der Waals surface area (Å²) < 4.78 is 6.33. The Labute approximate surface area is 92.2 Å². The van der Waals surface area contributed by atoms with E-state index in [9.17, 15) is 4.79 Å². The number of thioether (sulfide) groups is 1. The smallest absolute Gasteiger partial charge is 0.323 e. The van der Waals surface area contributed by atoms with Gasteiger partial charge in [0.25, 0.3) is 0 Å². The Morgan fingerprint density at radius 3 is 2.87 bits per heavy atom. The molecule has 0 saturated heterocycles. The average molecular weight is 230 g/mol. The van der Waals surface area contributed by atoms with Crippen molar-refractivity contribution in [1.29, 1.82) is 0 Å². The summed E-state index contributed by atoms with van der Waals surface area (Å²) in [5.74, 6) is -0.419. The lowest BCUT2D eigenvalue weighted by molar-refractivity contribution is -0.142. The minimum atomic E-state index is -0.656. The van der Waals surface area contributed by atoms with E-state index in [0.29, 0.717) is 0 Å². The first-order valence-corrected chi connectivity index (χ1v) is 5.28. The predicted molar refractivity (Wildman–Crippen MR) is 56.3 cm³/mol. The van der Waals surface area contributed by atoms with Crippen LogP contribution in [0.3, 0.4) is 0 Å². The van der Waals surface area contributed by atoms with Gasteiger partial charge in [-0.3, -0.25) is 4.79 Å². The molecule has 0 saturated carbocycles. The van der Waals surface area contributed by atoms with Gasteiger partial charge in [0.1, 0.15) is 12.4 Å². The van der Waals surface area contributed by atoms with Crippen LogP contribution in [0, 0.1) is 0 Å². The summed E-state index contributed by atoms with van der Waals surface area (Å²) in [5, 5.41) is 8.24. The molecule has 1 aromatic heterocycles. The average Bonchev–Trinajstić information content (AvgIpc) is 2.62. The molecule has 0 aromatic carbocycles. The van der Waals surface area contributed by atoms with Crippen LogP contribution in [0.25, 0.3) is 0 Å². The third kappa shape index (κ3) is 2.93. The summed E-state index contributed by atoms with van der Waals surface area (Å²) in [6.07, 6.45) is 1.60. The minimum absolute atomic E-state index is 0.111. The number of ether oxygens (including phenoxy) is 1. The van der Waals surface area contributed by atoms with E-state index >= 15 is 0 Å². The van der Waals surface area contributed by atoms with Crippen molar-refractivity contribution in [1.82, 2.24) is 14.8 Å². The molecule has 0 aliphatic carbocycles. The van der Waals surface area contributed by atoms with Crippen LogP contribution in [0.5, 0.6) is 0 Å². The number of rotatable bonds is 4. The molecule has 0 unspecified atom stereocenters. The molecule has 0 radical (unpaired) electrons. The van der Waals surface area contributed by atoms with Crippen molar-refractivity contribution < 1.29 is 9.53 Å². The fourth-order valence-electron chi connectivity index (χ4n) is 0.947. The number of methoxy groups -OCH3 is 1. The Hall–Kier alpha value is -1.08. The zero-order valence-electron chi connectivity index (χ0n) is 8.88. The lowest BCUT2D eigenvalue weighted by Gasteiger charge is -2.15. The molecule has 6 nitrogen and oxygen atoms in total. The van der Waals surface area contributed by atoms with Gasteiger partial charge >= 0.3 is 5.97 Å². The molecule has 0 bridgehead atoms. The van der Waals surface area contributed by atoms with Gasteiger partial charge in [-0.2, -0.15) is 0 Å². The van der Waals surface area contributed by atoms with Gasteiger partial charge < -0.3 is 15.0 Å². The Morgan fingerprint density at radius 1 is 1.73 bits per heavy atom. The number of carbonyl (C=O) groups is 1. The van der Waals surface area contributed by atoms with Crippen molar-refractivity contribution in [2.45, 2.75) is 23.4 Å². The van der Waals surface area contributed by atoms with Crippen molar-refractivity contribution >= 4 is 17.7 Å². The van der Waals surface area contributed by atoms with Crippen LogP contribution in [-0.2, 0) is 16.6 Å². The fraction of sp³-hybridized carbons (Fsp3) is 0.625. The maximum absolute atomic E-state index is 11.2. The quantitative estimate of drug-likeness (QED) is 0.569. The Kier molecular flexibility index (Phi) is 4.10. The highest BCUT2D eigenvalue weighted by molar-refractivity contribution is 7.99. The lowest BCUT2D eigenvalue weighted by Crippen LogP contribution is -2.39. The van der Waals surface area contributed by atoms with Gasteiger partial charge in [0.2, 0.25) is 0 Å². The number of aryl methyl sites for hydroxylation is 1. The van der Waals surface area contributed by atoms with Gasteiger partial charge in [-0.25, -0.2) is 0 Å². The van der Waals surface area contributed by atoms with E-state index in [1.165, 1.54) is 18.9 Å². The highest BCUT2D eigenvalue weighted by Crippen LogP contribution is 2.21. The normalized spacial score (nSPS) is 14.7. The molecule has 2 atom stereocenters. The van der Waals surface area contributed by atoms with E-state index in [-0.39, 0.29) is 5.25 Å². The molecule has 7 heteroatoms. The largest absolute Gasteiger partial charge is 0.468 e. The van der Waals surface area contributed by atoms with E-state index in [1.54, 1.807) is 10.9 Å². The second kappa shape index (κ2) is 5.13. The van der Waals surface area contributed by atoms with Crippen molar-refractivity contribution in [3.05, 3.63) is 6.33 Å². The summed E-state index contributed by atoms with van der Waals surface area (Å²) in [4.78, 5) is 11.2. The predicted octanol–water partition coefficient (Wildman–Crippen LogP) is -0.204. The van der Waals surface area contributed by atoms with Crippen molar-refractivity contribution in [2.75, 3.05) is 7.11 Å². The molecule has 1 aromatic rings. The van der Waals surface area contributed by atoms with Crippen molar-refractivity contribution in [2.24, 2.45) is 12.8 Å². The summed E-state index contributed by atoms with van der Waals surface area (Å²) in [6, 6.07) is -0.656. The standard InChI is InChI=1S/C8H14N4O2S/c1-5(6(9)7(13)14-3)15-8-11-10-4-12(8)2/h4-6H,9H2,1-3H3/t5-,6-/m1/s1. The third-order valence-electron chi connectivity index (χ3n) is 1.94. The van der Waals surface area contributed by atoms with Gasteiger partial charge in [-0.15, -0.1) is 10.2 Å². The van der Waals surface area contributed by atoms with Gasteiger partial charge in [0.15, 0.2) is 5.16 Å². The maximum atomic E-state index is 11.2. The highest BCUT2D eigenvalue weighted by Gasteiger charge is 2.23. The lowest BCUT2D eigenvalue weighted by atomic mass is 10.2.